The number of carbonyl (C=O) groups excluding carboxylic acids is 2. The molecule has 0 spiro atoms. The van der Waals surface area contributed by atoms with Gasteiger partial charge in [-0.2, -0.15) is 0 Å². The number of fused-ring (bicyclic) bond motifs is 1. The van der Waals surface area contributed by atoms with E-state index in [0.29, 0.717) is 31.3 Å². The molecule has 2 saturated heterocycles. The molecule has 3 amide bonds. The lowest BCUT2D eigenvalue weighted by atomic mass is 9.83. The van der Waals surface area contributed by atoms with Crippen LogP contribution in [0.3, 0.4) is 0 Å². The zero-order valence-corrected chi connectivity index (χ0v) is 14.7. The van der Waals surface area contributed by atoms with Gasteiger partial charge in [-0.1, -0.05) is 23.8 Å². The van der Waals surface area contributed by atoms with Crippen molar-refractivity contribution in [3.05, 3.63) is 41.5 Å². The van der Waals surface area contributed by atoms with Crippen molar-refractivity contribution >= 4 is 17.6 Å². The second-order valence-electron chi connectivity index (χ2n) is 7.54. The Morgan fingerprint density at radius 2 is 1.96 bits per heavy atom. The van der Waals surface area contributed by atoms with E-state index in [2.05, 4.69) is 18.3 Å². The summed E-state index contributed by atoms with van der Waals surface area (Å²) in [6, 6.07) is 7.75. The lowest BCUT2D eigenvalue weighted by Crippen LogP contribution is -2.30. The highest BCUT2D eigenvalue weighted by molar-refractivity contribution is 5.94. The Kier molecular flexibility index (Phi) is 4.24. The fourth-order valence-electron chi connectivity index (χ4n) is 4.29. The monoisotopic (exact) mass is 339 g/mol. The molecule has 5 heteroatoms. The van der Waals surface area contributed by atoms with E-state index in [0.717, 1.165) is 37.2 Å². The third-order valence-electron chi connectivity index (χ3n) is 5.74. The molecule has 25 heavy (non-hydrogen) atoms. The predicted octanol–water partition coefficient (Wildman–Crippen LogP) is 2.57. The average Bonchev–Trinajstić information content (AvgIpc) is 3.21. The molecular weight excluding hydrogens is 314 g/mol. The Balaban J connectivity index is 1.36. The molecule has 0 saturated carbocycles. The summed E-state index contributed by atoms with van der Waals surface area (Å²) >= 11 is 0. The Morgan fingerprint density at radius 1 is 1.20 bits per heavy atom. The summed E-state index contributed by atoms with van der Waals surface area (Å²) in [5, 5.41) is 2.80. The van der Waals surface area contributed by atoms with Gasteiger partial charge in [0.05, 0.1) is 6.42 Å². The van der Waals surface area contributed by atoms with Gasteiger partial charge in [0.2, 0.25) is 5.91 Å². The van der Waals surface area contributed by atoms with Gasteiger partial charge in [0.15, 0.2) is 0 Å². The topological polar surface area (TPSA) is 52.7 Å². The van der Waals surface area contributed by atoms with Gasteiger partial charge in [-0.15, -0.1) is 0 Å². The largest absolute Gasteiger partial charge is 0.342 e. The van der Waals surface area contributed by atoms with Crippen LogP contribution in [0.5, 0.6) is 0 Å². The van der Waals surface area contributed by atoms with Crippen LogP contribution < -0.4 is 10.2 Å². The maximum Gasteiger partial charge on any atom is 0.321 e. The fraction of sp³-hybridized carbons (Fsp3) is 0.500. The van der Waals surface area contributed by atoms with E-state index in [1.54, 1.807) is 4.90 Å². The normalized spacial score (nSPS) is 25.6. The molecule has 2 atom stereocenters. The van der Waals surface area contributed by atoms with Crippen molar-refractivity contribution in [2.75, 3.05) is 31.1 Å². The maximum absolute atomic E-state index is 12.7. The van der Waals surface area contributed by atoms with Crippen molar-refractivity contribution in [1.29, 1.82) is 0 Å². The number of allylic oxidation sites excluding steroid dienone is 2. The highest BCUT2D eigenvalue weighted by Crippen LogP contribution is 2.35. The van der Waals surface area contributed by atoms with Crippen LogP contribution in [-0.2, 0) is 11.2 Å². The number of hydrogen-bond acceptors (Lipinski definition) is 2. The van der Waals surface area contributed by atoms with Gasteiger partial charge in [-0.05, 0) is 49.3 Å². The van der Waals surface area contributed by atoms with Gasteiger partial charge in [0.25, 0.3) is 0 Å². The predicted molar refractivity (Wildman–Crippen MR) is 97.4 cm³/mol. The first-order chi connectivity index (χ1) is 12.1. The van der Waals surface area contributed by atoms with E-state index < -0.39 is 0 Å². The molecule has 1 N–H and O–H groups in total. The van der Waals surface area contributed by atoms with Gasteiger partial charge in [0.1, 0.15) is 0 Å². The third-order valence-corrected chi connectivity index (χ3v) is 5.74. The van der Waals surface area contributed by atoms with E-state index in [9.17, 15) is 9.59 Å². The van der Waals surface area contributed by atoms with E-state index in [1.807, 2.05) is 29.2 Å². The number of likely N-dealkylation sites (tertiary alicyclic amines) is 1. The number of benzene rings is 1. The molecule has 3 aliphatic rings. The minimum absolute atomic E-state index is 0.0487. The number of rotatable bonds is 3. The third kappa shape index (κ3) is 3.28. The average molecular weight is 339 g/mol. The molecule has 132 valence electrons. The second kappa shape index (κ2) is 6.54. The molecule has 0 aromatic heterocycles. The fourth-order valence-corrected chi connectivity index (χ4v) is 4.29. The van der Waals surface area contributed by atoms with Gasteiger partial charge in [-0.25, -0.2) is 4.79 Å². The quantitative estimate of drug-likeness (QED) is 0.861. The van der Waals surface area contributed by atoms with Crippen LogP contribution in [-0.4, -0.2) is 43.0 Å². The smallest absolute Gasteiger partial charge is 0.321 e. The molecule has 1 aromatic rings. The van der Waals surface area contributed by atoms with Crippen LogP contribution in [0.15, 0.2) is 35.9 Å². The molecule has 2 fully saturated rings. The highest BCUT2D eigenvalue weighted by atomic mass is 16.2. The Morgan fingerprint density at radius 3 is 2.68 bits per heavy atom. The van der Waals surface area contributed by atoms with Gasteiger partial charge in [0, 0.05) is 31.9 Å². The minimum atomic E-state index is -0.0487. The summed E-state index contributed by atoms with van der Waals surface area (Å²) in [4.78, 5) is 28.1. The van der Waals surface area contributed by atoms with E-state index in [-0.39, 0.29) is 11.9 Å². The maximum atomic E-state index is 12.7. The second-order valence-corrected chi connectivity index (χ2v) is 7.54. The Labute approximate surface area is 148 Å². The molecule has 4 rings (SSSR count). The van der Waals surface area contributed by atoms with Gasteiger partial charge < -0.3 is 10.2 Å². The lowest BCUT2D eigenvalue weighted by molar-refractivity contribution is -0.129. The molecule has 2 heterocycles. The molecule has 1 aliphatic carbocycles. The lowest BCUT2D eigenvalue weighted by Gasteiger charge is -2.21. The van der Waals surface area contributed by atoms with Crippen molar-refractivity contribution in [2.45, 2.75) is 26.2 Å². The minimum Gasteiger partial charge on any atom is -0.342 e. The number of urea groups is 1. The molecule has 0 bridgehead atoms. The number of carbonyl (C=O) groups is 2. The van der Waals surface area contributed by atoms with Crippen LogP contribution in [0.25, 0.3) is 0 Å². The number of anilines is 1. The molecule has 0 radical (unpaired) electrons. The molecular formula is C20H25N3O2. The highest BCUT2D eigenvalue weighted by Gasteiger charge is 2.36. The van der Waals surface area contributed by atoms with Gasteiger partial charge >= 0.3 is 6.03 Å². The number of nitrogens with one attached hydrogen (secondary N) is 1. The van der Waals surface area contributed by atoms with Crippen molar-refractivity contribution in [3.63, 3.8) is 0 Å². The molecule has 1 aromatic carbocycles. The van der Waals surface area contributed by atoms with Crippen LogP contribution >= 0.6 is 0 Å². The molecule has 2 aliphatic heterocycles. The standard InChI is InChI=1S/C20H25N3O2/c1-14-2-5-16-12-22(13-17(16)10-14)19(24)11-15-3-6-18(7-4-15)23-9-8-21-20(23)25/h2-4,6-7,16-17H,5,8-13H2,1H3,(H,21,25)/t16-,17+/m1/s1. The Bertz CT molecular complexity index is 710. The number of amides is 3. The number of hydrogen-bond donors (Lipinski definition) is 1. The summed E-state index contributed by atoms with van der Waals surface area (Å²) in [7, 11) is 0. The van der Waals surface area contributed by atoms with Crippen LogP contribution in [0, 0.1) is 11.8 Å². The van der Waals surface area contributed by atoms with E-state index >= 15 is 0 Å². The first-order valence-electron chi connectivity index (χ1n) is 9.18. The SMILES string of the molecule is CC1=CC[C@@H]2CN(C(=O)Cc3ccc(N4CCNC4=O)cc3)C[C@@H]2C1. The van der Waals surface area contributed by atoms with Gasteiger partial charge in [-0.3, -0.25) is 9.69 Å². The van der Waals surface area contributed by atoms with Crippen LogP contribution in [0.4, 0.5) is 10.5 Å². The summed E-state index contributed by atoms with van der Waals surface area (Å²) < 4.78 is 0. The van der Waals surface area contributed by atoms with E-state index in [4.69, 9.17) is 0 Å². The van der Waals surface area contributed by atoms with Crippen LogP contribution in [0.2, 0.25) is 0 Å². The zero-order chi connectivity index (χ0) is 17.4. The van der Waals surface area contributed by atoms with Crippen molar-refractivity contribution in [2.24, 2.45) is 11.8 Å². The summed E-state index contributed by atoms with van der Waals surface area (Å²) in [6.45, 7) is 5.38. The van der Waals surface area contributed by atoms with Crippen molar-refractivity contribution in [3.8, 4) is 0 Å². The first kappa shape index (κ1) is 16.2. The van der Waals surface area contributed by atoms with Crippen molar-refractivity contribution < 1.29 is 9.59 Å². The summed E-state index contributed by atoms with van der Waals surface area (Å²) in [5.41, 5.74) is 3.37. The first-order valence-corrected chi connectivity index (χ1v) is 9.18. The molecule has 0 unspecified atom stereocenters. The summed E-state index contributed by atoms with van der Waals surface area (Å²) in [6.07, 6.45) is 5.04. The Hall–Kier alpha value is -2.30. The van der Waals surface area contributed by atoms with E-state index in [1.165, 1.54) is 5.57 Å². The summed E-state index contributed by atoms with van der Waals surface area (Å²) in [5.74, 6) is 1.51. The zero-order valence-electron chi connectivity index (χ0n) is 14.7. The van der Waals surface area contributed by atoms with Crippen LogP contribution in [0.1, 0.15) is 25.3 Å². The number of nitrogens with zero attached hydrogens (tertiary/aromatic N) is 2. The molecule has 5 nitrogen and oxygen atoms in total. The van der Waals surface area contributed by atoms with Crippen molar-refractivity contribution in [1.82, 2.24) is 10.2 Å².